The number of ether oxygens (including phenoxy) is 1. The van der Waals surface area contributed by atoms with Crippen LogP contribution in [0, 0.1) is 0 Å². The minimum absolute atomic E-state index is 0.551. The Labute approximate surface area is 186 Å². The summed E-state index contributed by atoms with van der Waals surface area (Å²) in [7, 11) is 3.82. The van der Waals surface area contributed by atoms with E-state index in [4.69, 9.17) is 14.8 Å². The highest BCUT2D eigenvalue weighted by Gasteiger charge is 2.17. The molecule has 0 saturated carbocycles. The molecule has 1 aliphatic heterocycles. The third-order valence-corrected chi connectivity index (χ3v) is 5.50. The fourth-order valence-corrected chi connectivity index (χ4v) is 3.96. The van der Waals surface area contributed by atoms with E-state index in [1.54, 1.807) is 19.5 Å². The smallest absolute Gasteiger partial charge is 0.227 e. The van der Waals surface area contributed by atoms with Crippen molar-refractivity contribution in [1.82, 2.24) is 29.6 Å². The van der Waals surface area contributed by atoms with E-state index in [9.17, 15) is 0 Å². The summed E-state index contributed by atoms with van der Waals surface area (Å²) >= 11 is 0. The van der Waals surface area contributed by atoms with Crippen LogP contribution in [0.3, 0.4) is 0 Å². The standard InChI is InChI=1S/C24H25N7O/c1-30-14-18-5-6-20(12-19(18)15-30)27-24-26-9-7-22(28-24)21-16-31(10-11-32-2)29-23(21)17-4-3-8-25-13-17/h3-9,12-13,16H,10-11,14-15H2,1-2H3,(H,26,27,28). The van der Waals surface area contributed by atoms with Crippen LogP contribution >= 0.6 is 0 Å². The van der Waals surface area contributed by atoms with Crippen LogP contribution in [0.4, 0.5) is 11.6 Å². The van der Waals surface area contributed by atoms with Crippen molar-refractivity contribution in [2.45, 2.75) is 19.6 Å². The van der Waals surface area contributed by atoms with Crippen LogP contribution in [-0.2, 0) is 24.4 Å². The highest BCUT2D eigenvalue weighted by molar-refractivity contribution is 5.78. The molecular formula is C24H25N7O. The second-order valence-electron chi connectivity index (χ2n) is 7.94. The normalized spacial score (nSPS) is 13.3. The van der Waals surface area contributed by atoms with Crippen LogP contribution in [0.2, 0.25) is 0 Å². The Morgan fingerprint density at radius 1 is 1.09 bits per heavy atom. The van der Waals surface area contributed by atoms with Gasteiger partial charge < -0.3 is 10.1 Å². The minimum atomic E-state index is 0.551. The zero-order chi connectivity index (χ0) is 21.9. The Kier molecular flexibility index (Phi) is 5.62. The maximum absolute atomic E-state index is 5.22. The van der Waals surface area contributed by atoms with Gasteiger partial charge in [-0.25, -0.2) is 9.97 Å². The van der Waals surface area contributed by atoms with Crippen molar-refractivity contribution in [3.63, 3.8) is 0 Å². The van der Waals surface area contributed by atoms with E-state index in [0.29, 0.717) is 19.1 Å². The van der Waals surface area contributed by atoms with Gasteiger partial charge in [0.1, 0.15) is 5.69 Å². The van der Waals surface area contributed by atoms with Crippen LogP contribution in [0.1, 0.15) is 11.1 Å². The van der Waals surface area contributed by atoms with E-state index in [0.717, 1.165) is 41.3 Å². The summed E-state index contributed by atoms with van der Waals surface area (Å²) in [5.41, 5.74) is 7.19. The maximum atomic E-state index is 5.22. The number of methoxy groups -OCH3 is 1. The number of rotatable bonds is 7. The molecule has 4 heterocycles. The highest BCUT2D eigenvalue weighted by Crippen LogP contribution is 2.30. The molecule has 8 nitrogen and oxygen atoms in total. The molecule has 3 aromatic heterocycles. The predicted octanol–water partition coefficient (Wildman–Crippen LogP) is 3.74. The van der Waals surface area contributed by atoms with Gasteiger partial charge in [0.2, 0.25) is 5.95 Å². The number of fused-ring (bicyclic) bond motifs is 1. The van der Waals surface area contributed by atoms with Crippen molar-refractivity contribution in [2.75, 3.05) is 26.1 Å². The second-order valence-corrected chi connectivity index (χ2v) is 7.94. The number of hydrogen-bond donors (Lipinski definition) is 1. The van der Waals surface area contributed by atoms with Gasteiger partial charge in [-0.05, 0) is 48.5 Å². The predicted molar refractivity (Wildman–Crippen MR) is 123 cm³/mol. The van der Waals surface area contributed by atoms with Crippen molar-refractivity contribution >= 4 is 11.6 Å². The lowest BCUT2D eigenvalue weighted by Gasteiger charge is -2.08. The lowest BCUT2D eigenvalue weighted by molar-refractivity contribution is 0.183. The molecule has 0 atom stereocenters. The molecule has 1 N–H and O–H groups in total. The molecule has 5 rings (SSSR count). The van der Waals surface area contributed by atoms with Gasteiger partial charge >= 0.3 is 0 Å². The van der Waals surface area contributed by atoms with Crippen molar-refractivity contribution in [1.29, 1.82) is 0 Å². The molecule has 4 aromatic rings. The summed E-state index contributed by atoms with van der Waals surface area (Å²) in [6.45, 7) is 3.19. The fourth-order valence-electron chi connectivity index (χ4n) is 3.96. The molecule has 0 radical (unpaired) electrons. The molecule has 0 saturated heterocycles. The van der Waals surface area contributed by atoms with Crippen LogP contribution in [0.5, 0.6) is 0 Å². The van der Waals surface area contributed by atoms with Gasteiger partial charge in [-0.1, -0.05) is 6.07 Å². The van der Waals surface area contributed by atoms with Gasteiger partial charge in [-0.15, -0.1) is 0 Å². The minimum Gasteiger partial charge on any atom is -0.383 e. The molecule has 0 spiro atoms. The van der Waals surface area contributed by atoms with Crippen molar-refractivity contribution in [3.05, 3.63) is 72.3 Å². The molecule has 1 aliphatic rings. The first-order valence-electron chi connectivity index (χ1n) is 10.6. The van der Waals surface area contributed by atoms with Crippen molar-refractivity contribution < 1.29 is 4.74 Å². The molecule has 32 heavy (non-hydrogen) atoms. The summed E-state index contributed by atoms with van der Waals surface area (Å²) in [5.74, 6) is 0.551. The molecule has 162 valence electrons. The van der Waals surface area contributed by atoms with E-state index in [1.165, 1.54) is 11.1 Å². The average molecular weight is 428 g/mol. The number of aromatic nitrogens is 5. The SMILES string of the molecule is COCCn1cc(-c2ccnc(Nc3ccc4c(c3)CN(C)C4)n2)c(-c2cccnc2)n1. The van der Waals surface area contributed by atoms with Gasteiger partial charge in [-0.2, -0.15) is 5.10 Å². The molecule has 1 aromatic carbocycles. The Morgan fingerprint density at radius 3 is 2.84 bits per heavy atom. The third kappa shape index (κ3) is 4.23. The Bertz CT molecular complexity index is 1220. The zero-order valence-corrected chi connectivity index (χ0v) is 18.2. The first-order valence-corrected chi connectivity index (χ1v) is 10.6. The number of nitrogens with zero attached hydrogens (tertiary/aromatic N) is 6. The third-order valence-electron chi connectivity index (χ3n) is 5.50. The number of hydrogen-bond acceptors (Lipinski definition) is 7. The quantitative estimate of drug-likeness (QED) is 0.481. The summed E-state index contributed by atoms with van der Waals surface area (Å²) in [6, 6.07) is 12.2. The van der Waals surface area contributed by atoms with Crippen molar-refractivity contribution in [3.8, 4) is 22.5 Å². The summed E-state index contributed by atoms with van der Waals surface area (Å²) in [4.78, 5) is 15.8. The van der Waals surface area contributed by atoms with Gasteiger partial charge in [0.25, 0.3) is 0 Å². The fraction of sp³-hybridized carbons (Fsp3) is 0.250. The molecule has 0 aliphatic carbocycles. The monoisotopic (exact) mass is 427 g/mol. The van der Waals surface area contributed by atoms with Crippen LogP contribution in [0.25, 0.3) is 22.5 Å². The van der Waals surface area contributed by atoms with Crippen LogP contribution in [-0.4, -0.2) is 50.4 Å². The summed E-state index contributed by atoms with van der Waals surface area (Å²) in [6.07, 6.45) is 7.34. The zero-order valence-electron chi connectivity index (χ0n) is 18.2. The van der Waals surface area contributed by atoms with Crippen molar-refractivity contribution in [2.24, 2.45) is 0 Å². The molecule has 0 unspecified atom stereocenters. The summed E-state index contributed by atoms with van der Waals surface area (Å²) in [5, 5.41) is 8.12. The second kappa shape index (κ2) is 8.86. The van der Waals surface area contributed by atoms with Gasteiger partial charge in [-0.3, -0.25) is 14.6 Å². The maximum Gasteiger partial charge on any atom is 0.227 e. The Morgan fingerprint density at radius 2 is 2.00 bits per heavy atom. The van der Waals surface area contributed by atoms with Gasteiger partial charge in [0.15, 0.2) is 0 Å². The lowest BCUT2D eigenvalue weighted by atomic mass is 10.1. The molecule has 0 fully saturated rings. The number of anilines is 2. The Hall–Kier alpha value is -3.62. The Balaban J connectivity index is 1.46. The van der Waals surface area contributed by atoms with E-state index in [1.807, 2.05) is 35.3 Å². The average Bonchev–Trinajstić information content (AvgIpc) is 3.41. The molecule has 0 amide bonds. The summed E-state index contributed by atoms with van der Waals surface area (Å²) < 4.78 is 7.10. The van der Waals surface area contributed by atoms with Gasteiger partial charge in [0, 0.05) is 61.8 Å². The van der Waals surface area contributed by atoms with E-state index < -0.39 is 0 Å². The van der Waals surface area contributed by atoms with Gasteiger partial charge in [0.05, 0.1) is 18.8 Å². The molecule has 8 heteroatoms. The van der Waals surface area contributed by atoms with E-state index in [-0.39, 0.29) is 0 Å². The first kappa shape index (κ1) is 20.3. The van der Waals surface area contributed by atoms with E-state index in [2.05, 4.69) is 45.4 Å². The lowest BCUT2D eigenvalue weighted by Crippen LogP contribution is -2.07. The largest absolute Gasteiger partial charge is 0.383 e. The molecule has 0 bridgehead atoms. The first-order chi connectivity index (χ1) is 15.7. The highest BCUT2D eigenvalue weighted by atomic mass is 16.5. The van der Waals surface area contributed by atoms with Crippen LogP contribution in [0.15, 0.2) is 61.2 Å². The number of benzene rings is 1. The van der Waals surface area contributed by atoms with Crippen LogP contribution < -0.4 is 5.32 Å². The number of nitrogens with one attached hydrogen (secondary N) is 1. The topological polar surface area (TPSA) is 81.0 Å². The number of pyridine rings is 1. The van der Waals surface area contributed by atoms with E-state index >= 15 is 0 Å². The molecular weight excluding hydrogens is 402 g/mol.